The second-order valence-corrected chi connectivity index (χ2v) is 5.66. The van der Waals surface area contributed by atoms with Crippen LogP contribution in [0.5, 0.6) is 0 Å². The molecule has 5 nitrogen and oxygen atoms in total. The summed E-state index contributed by atoms with van der Waals surface area (Å²) in [6.45, 7) is 11.7. The maximum Gasteiger partial charge on any atom is 0.310 e. The fourth-order valence-corrected chi connectivity index (χ4v) is 1.71. The lowest BCUT2D eigenvalue weighted by Crippen LogP contribution is -2.42. The molecule has 0 saturated heterocycles. The number of hydrogen-bond donors (Lipinski definition) is 2. The summed E-state index contributed by atoms with van der Waals surface area (Å²) in [6, 6.07) is 0.364. The molecule has 0 aliphatic heterocycles. The van der Waals surface area contributed by atoms with Gasteiger partial charge in [-0.05, 0) is 32.6 Å². The highest BCUT2D eigenvalue weighted by Gasteiger charge is 2.13. The Morgan fingerprint density at radius 2 is 1.85 bits per heavy atom. The summed E-state index contributed by atoms with van der Waals surface area (Å²) in [6.07, 6.45) is 2.29. The van der Waals surface area contributed by atoms with E-state index in [1.807, 2.05) is 13.8 Å². The van der Waals surface area contributed by atoms with Crippen LogP contribution in [0, 0.1) is 11.8 Å². The van der Waals surface area contributed by atoms with Gasteiger partial charge in [0.1, 0.15) is 0 Å². The molecule has 2 atom stereocenters. The van der Waals surface area contributed by atoms with E-state index in [0.29, 0.717) is 18.5 Å². The van der Waals surface area contributed by atoms with Crippen molar-refractivity contribution in [2.24, 2.45) is 16.8 Å². The van der Waals surface area contributed by atoms with Crippen LogP contribution >= 0.6 is 0 Å². The van der Waals surface area contributed by atoms with Crippen molar-refractivity contribution in [1.29, 1.82) is 0 Å². The van der Waals surface area contributed by atoms with Gasteiger partial charge >= 0.3 is 5.97 Å². The Morgan fingerprint density at radius 1 is 1.20 bits per heavy atom. The standard InChI is InChI=1S/C15H31N3O2/c1-7-16-15(17-10-12(4)14(19)20-6)18-13(5)9-8-11(2)3/h11-13H,7-10H2,1-6H3,(H2,16,17,18). The molecule has 0 aromatic rings. The molecular formula is C15H31N3O2. The van der Waals surface area contributed by atoms with Crippen molar-refractivity contribution in [1.82, 2.24) is 10.6 Å². The molecular weight excluding hydrogens is 254 g/mol. The van der Waals surface area contributed by atoms with Crippen LogP contribution in [0.15, 0.2) is 4.99 Å². The highest BCUT2D eigenvalue weighted by atomic mass is 16.5. The first-order valence-electron chi connectivity index (χ1n) is 7.53. The Labute approximate surface area is 123 Å². The molecule has 0 heterocycles. The zero-order valence-corrected chi connectivity index (χ0v) is 13.8. The average Bonchev–Trinajstić information content (AvgIpc) is 2.41. The summed E-state index contributed by atoms with van der Waals surface area (Å²) in [7, 11) is 1.40. The third kappa shape index (κ3) is 8.77. The van der Waals surface area contributed by atoms with E-state index >= 15 is 0 Å². The van der Waals surface area contributed by atoms with E-state index in [4.69, 9.17) is 4.74 Å². The average molecular weight is 285 g/mol. The van der Waals surface area contributed by atoms with Crippen molar-refractivity contribution in [2.45, 2.75) is 53.5 Å². The predicted octanol–water partition coefficient (Wildman–Crippen LogP) is 2.18. The Kier molecular flexibility index (Phi) is 9.86. The number of nitrogens with zero attached hydrogens (tertiary/aromatic N) is 1. The van der Waals surface area contributed by atoms with Crippen LogP contribution in [0.4, 0.5) is 0 Å². The molecule has 5 heteroatoms. The number of methoxy groups -OCH3 is 1. The molecule has 0 saturated carbocycles. The fraction of sp³-hybridized carbons (Fsp3) is 0.867. The van der Waals surface area contributed by atoms with Crippen LogP contribution in [0.3, 0.4) is 0 Å². The highest BCUT2D eigenvalue weighted by Crippen LogP contribution is 2.06. The maximum absolute atomic E-state index is 11.3. The Hall–Kier alpha value is -1.26. The summed E-state index contributed by atoms with van der Waals surface area (Å²) >= 11 is 0. The molecule has 2 N–H and O–H groups in total. The zero-order chi connectivity index (χ0) is 15.5. The minimum Gasteiger partial charge on any atom is -0.469 e. The largest absolute Gasteiger partial charge is 0.469 e. The van der Waals surface area contributed by atoms with Crippen LogP contribution < -0.4 is 10.6 Å². The van der Waals surface area contributed by atoms with Crippen molar-refractivity contribution in [3.05, 3.63) is 0 Å². The molecule has 0 amide bonds. The van der Waals surface area contributed by atoms with Gasteiger partial charge in [0.25, 0.3) is 0 Å². The van der Waals surface area contributed by atoms with Gasteiger partial charge in [-0.3, -0.25) is 9.79 Å². The summed E-state index contributed by atoms with van der Waals surface area (Å²) in [5.74, 6) is 1.02. The quantitative estimate of drug-likeness (QED) is 0.407. The zero-order valence-electron chi connectivity index (χ0n) is 13.8. The van der Waals surface area contributed by atoms with Gasteiger partial charge in [-0.15, -0.1) is 0 Å². The van der Waals surface area contributed by atoms with Crippen molar-refractivity contribution in [3.8, 4) is 0 Å². The molecule has 0 aliphatic carbocycles. The third-order valence-electron chi connectivity index (χ3n) is 3.03. The normalized spacial score (nSPS) is 14.8. The number of carbonyl (C=O) groups is 1. The molecule has 0 aromatic carbocycles. The minimum absolute atomic E-state index is 0.221. The third-order valence-corrected chi connectivity index (χ3v) is 3.03. The van der Waals surface area contributed by atoms with E-state index in [-0.39, 0.29) is 11.9 Å². The number of hydrogen-bond acceptors (Lipinski definition) is 3. The van der Waals surface area contributed by atoms with Gasteiger partial charge in [0.2, 0.25) is 0 Å². The molecule has 0 spiro atoms. The number of carbonyl (C=O) groups excluding carboxylic acids is 1. The maximum atomic E-state index is 11.3. The molecule has 0 bridgehead atoms. The minimum atomic E-state index is -0.225. The number of aliphatic imine (C=N–C) groups is 1. The van der Waals surface area contributed by atoms with Gasteiger partial charge in [0.15, 0.2) is 5.96 Å². The van der Waals surface area contributed by atoms with E-state index in [2.05, 4.69) is 36.4 Å². The van der Waals surface area contributed by atoms with Crippen molar-refractivity contribution >= 4 is 11.9 Å². The van der Waals surface area contributed by atoms with Crippen LogP contribution in [-0.2, 0) is 9.53 Å². The Bertz CT molecular complexity index is 303. The molecule has 20 heavy (non-hydrogen) atoms. The highest BCUT2D eigenvalue weighted by molar-refractivity contribution is 5.80. The van der Waals surface area contributed by atoms with Gasteiger partial charge in [-0.1, -0.05) is 20.8 Å². The van der Waals surface area contributed by atoms with Gasteiger partial charge in [0.05, 0.1) is 19.6 Å². The molecule has 2 unspecified atom stereocenters. The van der Waals surface area contributed by atoms with E-state index in [1.165, 1.54) is 13.5 Å². The molecule has 0 radical (unpaired) electrons. The summed E-state index contributed by atoms with van der Waals surface area (Å²) in [4.78, 5) is 15.8. The van der Waals surface area contributed by atoms with E-state index in [9.17, 15) is 4.79 Å². The second-order valence-electron chi connectivity index (χ2n) is 5.66. The number of guanidine groups is 1. The predicted molar refractivity (Wildman–Crippen MR) is 83.8 cm³/mol. The second kappa shape index (κ2) is 10.5. The van der Waals surface area contributed by atoms with E-state index < -0.39 is 0 Å². The lowest BCUT2D eigenvalue weighted by atomic mass is 10.0. The number of ether oxygens (including phenoxy) is 1. The first-order chi connectivity index (χ1) is 9.40. The van der Waals surface area contributed by atoms with Crippen LogP contribution in [0.2, 0.25) is 0 Å². The van der Waals surface area contributed by atoms with Crippen LogP contribution in [0.1, 0.15) is 47.5 Å². The number of rotatable bonds is 8. The van der Waals surface area contributed by atoms with Crippen molar-refractivity contribution < 1.29 is 9.53 Å². The summed E-state index contributed by atoms with van der Waals surface area (Å²) in [5, 5.41) is 6.57. The molecule has 0 aliphatic rings. The Morgan fingerprint density at radius 3 is 2.35 bits per heavy atom. The monoisotopic (exact) mass is 285 g/mol. The summed E-state index contributed by atoms with van der Waals surface area (Å²) in [5.41, 5.74) is 0. The lowest BCUT2D eigenvalue weighted by molar-refractivity contribution is -0.144. The summed E-state index contributed by atoms with van der Waals surface area (Å²) < 4.78 is 4.70. The van der Waals surface area contributed by atoms with Gasteiger partial charge in [0, 0.05) is 12.6 Å². The van der Waals surface area contributed by atoms with Gasteiger partial charge in [-0.2, -0.15) is 0 Å². The first kappa shape index (κ1) is 18.7. The van der Waals surface area contributed by atoms with Gasteiger partial charge < -0.3 is 15.4 Å². The number of nitrogens with one attached hydrogen (secondary N) is 2. The van der Waals surface area contributed by atoms with Crippen molar-refractivity contribution in [3.63, 3.8) is 0 Å². The van der Waals surface area contributed by atoms with Crippen molar-refractivity contribution in [2.75, 3.05) is 20.2 Å². The SMILES string of the molecule is CCNC(=NCC(C)C(=O)OC)NC(C)CCC(C)C. The molecule has 0 aromatic heterocycles. The molecule has 0 rings (SSSR count). The van der Waals surface area contributed by atoms with Crippen LogP contribution in [-0.4, -0.2) is 38.2 Å². The topological polar surface area (TPSA) is 62.7 Å². The van der Waals surface area contributed by atoms with E-state index in [1.54, 1.807) is 0 Å². The smallest absolute Gasteiger partial charge is 0.310 e. The molecule has 0 fully saturated rings. The molecule has 118 valence electrons. The number of esters is 1. The van der Waals surface area contributed by atoms with Gasteiger partial charge in [-0.25, -0.2) is 0 Å². The van der Waals surface area contributed by atoms with E-state index in [0.717, 1.165) is 18.9 Å². The first-order valence-corrected chi connectivity index (χ1v) is 7.53. The fourth-order valence-electron chi connectivity index (χ4n) is 1.71. The lowest BCUT2D eigenvalue weighted by Gasteiger charge is -2.19. The van der Waals surface area contributed by atoms with Crippen LogP contribution in [0.25, 0.3) is 0 Å². The Balaban J connectivity index is 4.36.